The zero-order valence-corrected chi connectivity index (χ0v) is 17.7. The maximum atomic E-state index is 10.6. The molecule has 1 aromatic heterocycles. The Morgan fingerprint density at radius 3 is 2.42 bits per heavy atom. The van der Waals surface area contributed by atoms with Crippen molar-refractivity contribution in [3.8, 4) is 40.3 Å². The normalized spacial score (nSPS) is 15.0. The van der Waals surface area contributed by atoms with E-state index in [1.165, 1.54) is 6.42 Å². The maximum absolute atomic E-state index is 10.6. The number of ether oxygens (including phenoxy) is 3. The topological polar surface area (TPSA) is 76.9 Å². The molecule has 7 nitrogen and oxygen atoms in total. The molecule has 1 N–H and O–H groups in total. The summed E-state index contributed by atoms with van der Waals surface area (Å²) >= 11 is 0. The summed E-state index contributed by atoms with van der Waals surface area (Å²) in [6.45, 7) is 1.90. The van der Waals surface area contributed by atoms with Crippen molar-refractivity contribution < 1.29 is 19.3 Å². The van der Waals surface area contributed by atoms with Crippen molar-refractivity contribution in [2.75, 3.05) is 32.2 Å². The van der Waals surface area contributed by atoms with Crippen LogP contribution >= 0.6 is 0 Å². The Kier molecular flexibility index (Phi) is 5.02. The zero-order valence-electron chi connectivity index (χ0n) is 17.7. The molecule has 2 aromatic carbocycles. The molecule has 0 saturated carbocycles. The number of fused-ring (bicyclic) bond motifs is 2. The van der Waals surface area contributed by atoms with Gasteiger partial charge in [0, 0.05) is 31.6 Å². The monoisotopic (exact) mass is 419 g/mol. The van der Waals surface area contributed by atoms with Gasteiger partial charge >= 0.3 is 0 Å². The van der Waals surface area contributed by atoms with E-state index >= 15 is 0 Å². The van der Waals surface area contributed by atoms with Gasteiger partial charge in [-0.05, 0) is 43.0 Å². The largest absolute Gasteiger partial charge is 0.507 e. The SMILES string of the molecule is COc1ccc(-c2nc3c(c(N4CCCCC4)n2)Cc2ccc(OC)cc2O3)c(O)c1. The van der Waals surface area contributed by atoms with E-state index in [0.29, 0.717) is 29.4 Å². The standard InChI is InChI=1S/C24H25N3O4/c1-29-16-8-9-18(20(28)13-16)22-25-23(27-10-4-3-5-11-27)19-12-15-6-7-17(30-2)14-21(15)31-24(19)26-22/h6-9,13-14,28H,3-5,10-12H2,1-2H3. The van der Waals surface area contributed by atoms with Crippen LogP contribution in [0.3, 0.4) is 0 Å². The van der Waals surface area contributed by atoms with Gasteiger partial charge in [0.15, 0.2) is 5.82 Å². The number of aromatic hydroxyl groups is 1. The maximum Gasteiger partial charge on any atom is 0.228 e. The number of rotatable bonds is 4. The third-order valence-corrected chi connectivity index (χ3v) is 5.90. The first-order valence-electron chi connectivity index (χ1n) is 10.5. The van der Waals surface area contributed by atoms with Gasteiger partial charge in [-0.15, -0.1) is 0 Å². The molecule has 0 spiro atoms. The number of methoxy groups -OCH3 is 2. The average molecular weight is 419 g/mol. The molecule has 0 aliphatic carbocycles. The molecule has 7 heteroatoms. The fourth-order valence-electron chi connectivity index (χ4n) is 4.20. The van der Waals surface area contributed by atoms with Gasteiger partial charge in [0.1, 0.15) is 28.8 Å². The smallest absolute Gasteiger partial charge is 0.228 e. The van der Waals surface area contributed by atoms with E-state index in [9.17, 15) is 5.11 Å². The van der Waals surface area contributed by atoms with Gasteiger partial charge in [0.25, 0.3) is 0 Å². The van der Waals surface area contributed by atoms with Crippen molar-refractivity contribution in [2.24, 2.45) is 0 Å². The van der Waals surface area contributed by atoms with E-state index in [1.54, 1.807) is 32.4 Å². The predicted octanol–water partition coefficient (Wildman–Crippen LogP) is 4.55. The van der Waals surface area contributed by atoms with Crippen molar-refractivity contribution in [1.29, 1.82) is 0 Å². The fraction of sp³-hybridized carbons (Fsp3) is 0.333. The highest BCUT2D eigenvalue weighted by Crippen LogP contribution is 2.43. The number of nitrogens with zero attached hydrogens (tertiary/aromatic N) is 3. The van der Waals surface area contributed by atoms with Gasteiger partial charge in [-0.25, -0.2) is 4.98 Å². The lowest BCUT2D eigenvalue weighted by atomic mass is 10.0. The van der Waals surface area contributed by atoms with Gasteiger partial charge in [0.05, 0.1) is 25.3 Å². The zero-order chi connectivity index (χ0) is 21.4. The minimum Gasteiger partial charge on any atom is -0.507 e. The fourth-order valence-corrected chi connectivity index (χ4v) is 4.20. The number of aromatic nitrogens is 2. The molecule has 1 fully saturated rings. The Bertz CT molecular complexity index is 1130. The lowest BCUT2D eigenvalue weighted by molar-refractivity contribution is 0.402. The summed E-state index contributed by atoms with van der Waals surface area (Å²) in [6, 6.07) is 11.0. The number of hydrogen-bond donors (Lipinski definition) is 1. The number of phenolic OH excluding ortho intramolecular Hbond substituents is 1. The summed E-state index contributed by atoms with van der Waals surface area (Å²) in [6.07, 6.45) is 4.19. The van der Waals surface area contributed by atoms with Gasteiger partial charge in [-0.3, -0.25) is 0 Å². The number of piperidine rings is 1. The summed E-state index contributed by atoms with van der Waals surface area (Å²) in [5.74, 6) is 3.97. The molecule has 0 unspecified atom stereocenters. The Hall–Kier alpha value is -3.48. The van der Waals surface area contributed by atoms with Gasteiger partial charge in [-0.1, -0.05) is 6.07 Å². The van der Waals surface area contributed by atoms with Crippen LogP contribution in [0.15, 0.2) is 36.4 Å². The van der Waals surface area contributed by atoms with E-state index in [-0.39, 0.29) is 5.75 Å². The molecular formula is C24H25N3O4. The van der Waals surface area contributed by atoms with Gasteiger partial charge in [0.2, 0.25) is 5.88 Å². The predicted molar refractivity (Wildman–Crippen MR) is 118 cm³/mol. The van der Waals surface area contributed by atoms with Crippen LogP contribution in [0, 0.1) is 0 Å². The van der Waals surface area contributed by atoms with Crippen LogP contribution in [0.25, 0.3) is 11.4 Å². The van der Waals surface area contributed by atoms with E-state index in [2.05, 4.69) is 4.90 Å². The van der Waals surface area contributed by atoms with Crippen molar-refractivity contribution >= 4 is 5.82 Å². The van der Waals surface area contributed by atoms with Crippen LogP contribution in [-0.2, 0) is 6.42 Å². The molecule has 0 amide bonds. The van der Waals surface area contributed by atoms with E-state index < -0.39 is 0 Å². The Morgan fingerprint density at radius 1 is 0.935 bits per heavy atom. The Balaban J connectivity index is 1.63. The molecule has 0 bridgehead atoms. The second-order valence-electron chi connectivity index (χ2n) is 7.84. The molecule has 0 atom stereocenters. The molecule has 160 valence electrons. The summed E-state index contributed by atoms with van der Waals surface area (Å²) in [5.41, 5.74) is 2.61. The number of phenols is 1. The van der Waals surface area contributed by atoms with Crippen molar-refractivity contribution in [3.63, 3.8) is 0 Å². The average Bonchev–Trinajstić information content (AvgIpc) is 2.82. The molecule has 2 aliphatic heterocycles. The number of anilines is 1. The highest BCUT2D eigenvalue weighted by Gasteiger charge is 2.28. The van der Waals surface area contributed by atoms with E-state index in [4.69, 9.17) is 24.2 Å². The third kappa shape index (κ3) is 3.60. The Morgan fingerprint density at radius 2 is 1.68 bits per heavy atom. The van der Waals surface area contributed by atoms with Crippen LogP contribution in [0.2, 0.25) is 0 Å². The molecule has 2 aliphatic rings. The summed E-state index contributed by atoms with van der Waals surface area (Å²) in [4.78, 5) is 11.9. The van der Waals surface area contributed by atoms with Crippen LogP contribution in [0.5, 0.6) is 28.9 Å². The quantitative estimate of drug-likeness (QED) is 0.520. The third-order valence-electron chi connectivity index (χ3n) is 5.90. The number of hydrogen-bond acceptors (Lipinski definition) is 7. The van der Waals surface area contributed by atoms with Gasteiger partial charge < -0.3 is 24.2 Å². The molecule has 1 saturated heterocycles. The lowest BCUT2D eigenvalue weighted by Gasteiger charge is -2.31. The minimum atomic E-state index is 0.0711. The summed E-state index contributed by atoms with van der Waals surface area (Å²) < 4.78 is 16.8. The molecule has 0 radical (unpaired) electrons. The van der Waals surface area contributed by atoms with Crippen LogP contribution in [0.4, 0.5) is 5.82 Å². The van der Waals surface area contributed by atoms with Crippen molar-refractivity contribution in [2.45, 2.75) is 25.7 Å². The molecule has 3 aromatic rings. The molecule has 31 heavy (non-hydrogen) atoms. The highest BCUT2D eigenvalue weighted by atomic mass is 16.5. The van der Waals surface area contributed by atoms with Crippen LogP contribution in [-0.4, -0.2) is 42.4 Å². The van der Waals surface area contributed by atoms with Crippen molar-refractivity contribution in [1.82, 2.24) is 9.97 Å². The second kappa shape index (κ2) is 7.98. The first-order valence-corrected chi connectivity index (χ1v) is 10.5. The molecular weight excluding hydrogens is 394 g/mol. The van der Waals surface area contributed by atoms with Crippen LogP contribution in [0.1, 0.15) is 30.4 Å². The van der Waals surface area contributed by atoms with E-state index in [1.807, 2.05) is 18.2 Å². The molecule has 5 rings (SSSR count). The summed E-state index contributed by atoms with van der Waals surface area (Å²) in [5, 5.41) is 10.6. The summed E-state index contributed by atoms with van der Waals surface area (Å²) in [7, 11) is 3.21. The lowest BCUT2D eigenvalue weighted by Crippen LogP contribution is -2.32. The van der Waals surface area contributed by atoms with Gasteiger partial charge in [-0.2, -0.15) is 4.98 Å². The first-order chi connectivity index (χ1) is 15.2. The number of benzene rings is 2. The van der Waals surface area contributed by atoms with Crippen LogP contribution < -0.4 is 19.1 Å². The van der Waals surface area contributed by atoms with E-state index in [0.717, 1.165) is 54.4 Å². The second-order valence-corrected chi connectivity index (χ2v) is 7.84. The molecule has 3 heterocycles. The highest BCUT2D eigenvalue weighted by molar-refractivity contribution is 5.70. The minimum absolute atomic E-state index is 0.0711. The Labute approximate surface area is 181 Å². The van der Waals surface area contributed by atoms with Crippen molar-refractivity contribution in [3.05, 3.63) is 47.5 Å². The first kappa shape index (κ1) is 19.5.